The summed E-state index contributed by atoms with van der Waals surface area (Å²) in [6.07, 6.45) is 0.708. The first-order valence-corrected chi connectivity index (χ1v) is 8.20. The van der Waals surface area contributed by atoms with Crippen LogP contribution < -0.4 is 4.74 Å². The van der Waals surface area contributed by atoms with E-state index in [1.165, 1.54) is 17.5 Å². The fourth-order valence-corrected chi connectivity index (χ4v) is 4.34. The predicted molar refractivity (Wildman–Crippen MR) is 74.7 cm³/mol. The molecule has 0 radical (unpaired) electrons. The molecule has 0 amide bonds. The van der Waals surface area contributed by atoms with Gasteiger partial charge >= 0.3 is 0 Å². The van der Waals surface area contributed by atoms with Crippen LogP contribution in [0.25, 0.3) is 0 Å². The Labute approximate surface area is 121 Å². The molecule has 2 rings (SSSR count). The van der Waals surface area contributed by atoms with Gasteiger partial charge in [0.15, 0.2) is 0 Å². The molecule has 0 aliphatic carbocycles. The van der Waals surface area contributed by atoms with Crippen LogP contribution in [0.2, 0.25) is 0 Å². The Balaban J connectivity index is 2.41. The Kier molecular flexibility index (Phi) is 4.50. The predicted octanol–water partition coefficient (Wildman–Crippen LogP) is 1.60. The minimum Gasteiger partial charge on any atom is -0.495 e. The van der Waals surface area contributed by atoms with Crippen molar-refractivity contribution in [3.8, 4) is 5.75 Å². The second-order valence-corrected chi connectivity index (χ2v) is 7.28. The molecule has 1 aromatic rings. The maximum absolute atomic E-state index is 12.6. The molecule has 106 valence electrons. The Hall–Kier alpha value is -0.630. The number of hydrogen-bond acceptors (Lipinski definition) is 4. The number of halogens is 1. The van der Waals surface area contributed by atoms with Gasteiger partial charge in [-0.15, -0.1) is 0 Å². The minimum atomic E-state index is -3.64. The Morgan fingerprint density at radius 3 is 2.84 bits per heavy atom. The first-order valence-electron chi connectivity index (χ1n) is 5.97. The lowest BCUT2D eigenvalue weighted by Gasteiger charge is -2.29. The van der Waals surface area contributed by atoms with Gasteiger partial charge in [0, 0.05) is 17.6 Å². The average Bonchev–Trinajstić information content (AvgIpc) is 2.38. The molecule has 1 fully saturated rings. The number of aliphatic hydroxyl groups is 1. The molecule has 0 spiro atoms. The SMILES string of the molecule is COc1ccc(Br)cc1S(=O)(=O)N1CCCC(O)C1. The third-order valence-electron chi connectivity index (χ3n) is 3.10. The zero-order valence-corrected chi connectivity index (χ0v) is 12.9. The number of β-amino-alcohol motifs (C(OH)–C–C–N with tert-alkyl or cyclic N) is 1. The van der Waals surface area contributed by atoms with Gasteiger partial charge in [-0.05, 0) is 31.0 Å². The average molecular weight is 350 g/mol. The van der Waals surface area contributed by atoms with Gasteiger partial charge in [0.25, 0.3) is 0 Å². The summed E-state index contributed by atoms with van der Waals surface area (Å²) in [6, 6.07) is 4.86. The van der Waals surface area contributed by atoms with E-state index in [4.69, 9.17) is 4.74 Å². The van der Waals surface area contributed by atoms with Crippen molar-refractivity contribution < 1.29 is 18.3 Å². The number of nitrogens with zero attached hydrogens (tertiary/aromatic N) is 1. The van der Waals surface area contributed by atoms with Crippen molar-refractivity contribution in [1.29, 1.82) is 0 Å². The molecular formula is C12H16BrNO4S. The normalized spacial score (nSPS) is 21.3. The number of piperidine rings is 1. The highest BCUT2D eigenvalue weighted by molar-refractivity contribution is 9.10. The van der Waals surface area contributed by atoms with Crippen LogP contribution in [0.3, 0.4) is 0 Å². The molecule has 1 unspecified atom stereocenters. The molecule has 0 aromatic heterocycles. The number of benzene rings is 1. The molecule has 7 heteroatoms. The van der Waals surface area contributed by atoms with Gasteiger partial charge < -0.3 is 9.84 Å². The smallest absolute Gasteiger partial charge is 0.246 e. The second-order valence-electron chi connectivity index (χ2n) is 4.45. The Morgan fingerprint density at radius 2 is 2.21 bits per heavy atom. The molecule has 0 bridgehead atoms. The van der Waals surface area contributed by atoms with Crippen molar-refractivity contribution in [1.82, 2.24) is 4.31 Å². The van der Waals surface area contributed by atoms with Crippen molar-refractivity contribution in [2.24, 2.45) is 0 Å². The molecule has 1 saturated heterocycles. The maximum atomic E-state index is 12.6. The monoisotopic (exact) mass is 349 g/mol. The van der Waals surface area contributed by atoms with Crippen molar-refractivity contribution in [3.63, 3.8) is 0 Å². The van der Waals surface area contributed by atoms with E-state index < -0.39 is 16.1 Å². The minimum absolute atomic E-state index is 0.124. The molecule has 1 aliphatic rings. The van der Waals surface area contributed by atoms with Crippen molar-refractivity contribution >= 4 is 26.0 Å². The molecule has 1 atom stereocenters. The first-order chi connectivity index (χ1) is 8.95. The lowest BCUT2D eigenvalue weighted by molar-refractivity contribution is 0.108. The molecule has 1 aliphatic heterocycles. The zero-order chi connectivity index (χ0) is 14.0. The zero-order valence-electron chi connectivity index (χ0n) is 10.5. The van der Waals surface area contributed by atoms with Crippen molar-refractivity contribution in [3.05, 3.63) is 22.7 Å². The molecular weight excluding hydrogens is 334 g/mol. The Morgan fingerprint density at radius 1 is 1.47 bits per heavy atom. The van der Waals surface area contributed by atoms with Crippen LogP contribution >= 0.6 is 15.9 Å². The first kappa shape index (κ1) is 14.8. The van der Waals surface area contributed by atoms with Gasteiger partial charge in [-0.2, -0.15) is 4.31 Å². The van der Waals surface area contributed by atoms with E-state index in [9.17, 15) is 13.5 Å². The molecule has 19 heavy (non-hydrogen) atoms. The van der Waals surface area contributed by atoms with E-state index in [2.05, 4.69) is 15.9 Å². The van der Waals surface area contributed by atoms with E-state index in [0.717, 1.165) is 0 Å². The van der Waals surface area contributed by atoms with Gasteiger partial charge in [0.1, 0.15) is 10.6 Å². The number of sulfonamides is 1. The van der Waals surface area contributed by atoms with Gasteiger partial charge in [0.05, 0.1) is 13.2 Å². The van der Waals surface area contributed by atoms with Crippen molar-refractivity contribution in [2.45, 2.75) is 23.8 Å². The molecule has 1 aromatic carbocycles. The number of hydrogen-bond donors (Lipinski definition) is 1. The number of rotatable bonds is 3. The number of aliphatic hydroxyl groups excluding tert-OH is 1. The molecule has 1 N–H and O–H groups in total. The summed E-state index contributed by atoms with van der Waals surface area (Å²) in [6.45, 7) is 0.563. The topological polar surface area (TPSA) is 66.8 Å². The quantitative estimate of drug-likeness (QED) is 0.899. The molecule has 1 heterocycles. The van der Waals surface area contributed by atoms with Crippen LogP contribution in [-0.4, -0.2) is 44.1 Å². The van der Waals surface area contributed by atoms with Crippen LogP contribution in [0.5, 0.6) is 5.75 Å². The van der Waals surface area contributed by atoms with Gasteiger partial charge in [-0.3, -0.25) is 0 Å². The van der Waals surface area contributed by atoms with Gasteiger partial charge in [0.2, 0.25) is 10.0 Å². The lowest BCUT2D eigenvalue weighted by atomic mass is 10.1. The van der Waals surface area contributed by atoms with Gasteiger partial charge in [-0.25, -0.2) is 8.42 Å². The highest BCUT2D eigenvalue weighted by Gasteiger charge is 2.31. The van der Waals surface area contributed by atoms with E-state index in [1.54, 1.807) is 12.1 Å². The van der Waals surface area contributed by atoms with Crippen LogP contribution in [0, 0.1) is 0 Å². The molecule has 5 nitrogen and oxygen atoms in total. The highest BCUT2D eigenvalue weighted by Crippen LogP contribution is 2.31. The van der Waals surface area contributed by atoms with Gasteiger partial charge in [-0.1, -0.05) is 15.9 Å². The maximum Gasteiger partial charge on any atom is 0.246 e. The van der Waals surface area contributed by atoms with E-state index in [-0.39, 0.29) is 11.4 Å². The number of methoxy groups -OCH3 is 1. The standard InChI is InChI=1S/C12H16BrNO4S/c1-18-11-5-4-9(13)7-12(11)19(16,17)14-6-2-3-10(15)8-14/h4-5,7,10,15H,2-3,6,8H2,1H3. The lowest BCUT2D eigenvalue weighted by Crippen LogP contribution is -2.42. The highest BCUT2D eigenvalue weighted by atomic mass is 79.9. The fourth-order valence-electron chi connectivity index (χ4n) is 2.13. The van der Waals surface area contributed by atoms with E-state index >= 15 is 0 Å². The third-order valence-corrected chi connectivity index (χ3v) is 5.48. The summed E-state index contributed by atoms with van der Waals surface area (Å²) < 4.78 is 32.3. The van der Waals surface area contributed by atoms with E-state index in [0.29, 0.717) is 29.6 Å². The number of ether oxygens (including phenoxy) is 1. The summed E-state index contributed by atoms with van der Waals surface area (Å²) in [5, 5.41) is 9.62. The van der Waals surface area contributed by atoms with Crippen LogP contribution in [0.15, 0.2) is 27.6 Å². The summed E-state index contributed by atoms with van der Waals surface area (Å²) >= 11 is 3.27. The summed E-state index contributed by atoms with van der Waals surface area (Å²) in [5.74, 6) is 0.309. The molecule has 0 saturated carbocycles. The third kappa shape index (κ3) is 3.10. The fraction of sp³-hybridized carbons (Fsp3) is 0.500. The van der Waals surface area contributed by atoms with E-state index in [1.807, 2.05) is 0 Å². The van der Waals surface area contributed by atoms with Crippen LogP contribution in [-0.2, 0) is 10.0 Å². The summed E-state index contributed by atoms with van der Waals surface area (Å²) in [4.78, 5) is 0.124. The largest absolute Gasteiger partial charge is 0.495 e. The van der Waals surface area contributed by atoms with Crippen LogP contribution in [0.1, 0.15) is 12.8 Å². The Bertz CT molecular complexity index is 561. The summed E-state index contributed by atoms with van der Waals surface area (Å²) in [5.41, 5.74) is 0. The summed E-state index contributed by atoms with van der Waals surface area (Å²) in [7, 11) is -2.20. The van der Waals surface area contributed by atoms with Crippen LogP contribution in [0.4, 0.5) is 0 Å². The second kappa shape index (κ2) is 5.78. The van der Waals surface area contributed by atoms with Crippen molar-refractivity contribution in [2.75, 3.05) is 20.2 Å².